The lowest BCUT2D eigenvalue weighted by Crippen LogP contribution is -2.52. The van der Waals surface area contributed by atoms with Crippen LogP contribution in [0.15, 0.2) is 23.3 Å². The first-order chi connectivity index (χ1) is 14.5. The van der Waals surface area contributed by atoms with Crippen molar-refractivity contribution in [1.29, 1.82) is 0 Å². The third-order valence-electron chi connectivity index (χ3n) is 11.5. The maximum Gasteiger partial charge on any atom is 0.0568 e. The van der Waals surface area contributed by atoms with E-state index in [-0.39, 0.29) is 6.10 Å². The van der Waals surface area contributed by atoms with E-state index in [1.807, 2.05) is 5.57 Å². The van der Waals surface area contributed by atoms with Gasteiger partial charge < -0.3 is 5.11 Å². The van der Waals surface area contributed by atoms with Gasteiger partial charge in [-0.25, -0.2) is 0 Å². The Labute approximate surface area is 193 Å². The molecule has 0 spiro atoms. The van der Waals surface area contributed by atoms with E-state index in [1.54, 1.807) is 5.57 Å². The van der Waals surface area contributed by atoms with Gasteiger partial charge in [-0.15, -0.1) is 0 Å². The van der Waals surface area contributed by atoms with Crippen LogP contribution in [0.4, 0.5) is 0 Å². The van der Waals surface area contributed by atoms with Crippen LogP contribution in [0.5, 0.6) is 0 Å². The number of allylic oxidation sites excluding steroid dienone is 4. The summed E-state index contributed by atoms with van der Waals surface area (Å²) in [4.78, 5) is 0. The summed E-state index contributed by atoms with van der Waals surface area (Å²) in [5, 5.41) is 10.5. The first-order valence-corrected chi connectivity index (χ1v) is 13.6. The highest BCUT2D eigenvalue weighted by Crippen LogP contribution is 2.67. The zero-order valence-electron chi connectivity index (χ0n) is 21.7. The number of aliphatic hydroxyl groups is 1. The molecular formula is C30H50O. The van der Waals surface area contributed by atoms with Crippen LogP contribution in [0.2, 0.25) is 0 Å². The summed E-state index contributed by atoms with van der Waals surface area (Å²) in [6.07, 6.45) is 14.3. The van der Waals surface area contributed by atoms with E-state index >= 15 is 0 Å². The highest BCUT2D eigenvalue weighted by atomic mass is 16.3. The van der Waals surface area contributed by atoms with Crippen molar-refractivity contribution >= 4 is 0 Å². The summed E-state index contributed by atoms with van der Waals surface area (Å²) >= 11 is 0. The van der Waals surface area contributed by atoms with Crippen molar-refractivity contribution in [1.82, 2.24) is 0 Å². The first-order valence-electron chi connectivity index (χ1n) is 13.6. The Morgan fingerprint density at radius 1 is 1.00 bits per heavy atom. The van der Waals surface area contributed by atoms with Crippen LogP contribution < -0.4 is 0 Å². The molecule has 0 aromatic rings. The number of aliphatic hydroxyl groups excluding tert-OH is 1. The fourth-order valence-electron chi connectivity index (χ4n) is 9.06. The molecule has 4 aliphatic rings. The molecule has 0 aromatic heterocycles. The number of hydrogen-bond donors (Lipinski definition) is 1. The first kappa shape index (κ1) is 23.6. The summed E-state index contributed by atoms with van der Waals surface area (Å²) in [5.74, 6) is 5.62. The van der Waals surface area contributed by atoms with Gasteiger partial charge in [0.05, 0.1) is 6.10 Å². The van der Waals surface area contributed by atoms with Crippen molar-refractivity contribution in [3.63, 3.8) is 0 Å². The van der Waals surface area contributed by atoms with Crippen molar-refractivity contribution in [2.24, 2.45) is 58.2 Å². The Balaban J connectivity index is 1.58. The Morgan fingerprint density at radius 2 is 1.65 bits per heavy atom. The summed E-state index contributed by atoms with van der Waals surface area (Å²) < 4.78 is 0. The van der Waals surface area contributed by atoms with Gasteiger partial charge in [-0.2, -0.15) is 0 Å². The zero-order chi connectivity index (χ0) is 22.7. The van der Waals surface area contributed by atoms with Crippen LogP contribution in [0.25, 0.3) is 0 Å². The zero-order valence-corrected chi connectivity index (χ0v) is 21.7. The normalized spacial score (nSPS) is 47.3. The number of rotatable bonds is 4. The Kier molecular flexibility index (Phi) is 6.35. The van der Waals surface area contributed by atoms with Gasteiger partial charge >= 0.3 is 0 Å². The number of fused-ring (bicyclic) bond motifs is 5. The molecule has 0 bridgehead atoms. The molecule has 31 heavy (non-hydrogen) atoms. The fourth-order valence-corrected chi connectivity index (χ4v) is 9.06. The van der Waals surface area contributed by atoms with Gasteiger partial charge in [0.2, 0.25) is 0 Å². The van der Waals surface area contributed by atoms with Crippen molar-refractivity contribution in [2.75, 3.05) is 0 Å². The van der Waals surface area contributed by atoms with Gasteiger partial charge in [-0.1, -0.05) is 71.8 Å². The van der Waals surface area contributed by atoms with Crippen LogP contribution in [0, 0.1) is 58.2 Å². The molecule has 4 aliphatic carbocycles. The van der Waals surface area contributed by atoms with Crippen molar-refractivity contribution in [2.45, 2.75) is 106 Å². The van der Waals surface area contributed by atoms with E-state index in [2.05, 4.69) is 67.5 Å². The topological polar surface area (TPSA) is 20.2 Å². The highest BCUT2D eigenvalue weighted by Gasteiger charge is 2.59. The van der Waals surface area contributed by atoms with Crippen LogP contribution in [0.3, 0.4) is 0 Å². The molecule has 0 heterocycles. The smallest absolute Gasteiger partial charge is 0.0568 e. The molecule has 10 unspecified atom stereocenters. The molecule has 3 saturated carbocycles. The standard InChI is InChI=1S/C30H50O/c1-18(2)21(5)19(3)17-20(4)24-11-12-26-23-9-10-25-22(6)28(31)14-16-30(25,8)27(23)13-15-29(24,26)7/h9,17-18,20-22,24-28,31H,10-16H2,1-8H3. The van der Waals surface area contributed by atoms with Gasteiger partial charge in [0.1, 0.15) is 0 Å². The molecule has 0 radical (unpaired) electrons. The van der Waals surface area contributed by atoms with Gasteiger partial charge in [-0.05, 0) is 110 Å². The summed E-state index contributed by atoms with van der Waals surface area (Å²) in [6.45, 7) is 19.6. The fraction of sp³-hybridized carbons (Fsp3) is 0.867. The van der Waals surface area contributed by atoms with E-state index in [1.165, 1.54) is 38.5 Å². The lowest BCUT2D eigenvalue weighted by molar-refractivity contribution is -0.0767. The third kappa shape index (κ3) is 3.70. The maximum atomic E-state index is 10.5. The lowest BCUT2D eigenvalue weighted by Gasteiger charge is -2.59. The quantitative estimate of drug-likeness (QED) is 0.451. The van der Waals surface area contributed by atoms with Gasteiger partial charge in [0.25, 0.3) is 0 Å². The summed E-state index contributed by atoms with van der Waals surface area (Å²) in [7, 11) is 0. The SMILES string of the molecule is CC(=CC(C)C1CCC2C3=CCC4C(C)C(O)CCC4(C)C3CCC21C)C(C)C(C)C. The van der Waals surface area contributed by atoms with E-state index in [0.29, 0.717) is 34.5 Å². The second-order valence-electron chi connectivity index (χ2n) is 13.2. The van der Waals surface area contributed by atoms with E-state index in [0.717, 1.165) is 30.1 Å². The molecule has 176 valence electrons. The van der Waals surface area contributed by atoms with Crippen molar-refractivity contribution in [3.8, 4) is 0 Å². The molecule has 3 fully saturated rings. The van der Waals surface area contributed by atoms with E-state index < -0.39 is 0 Å². The number of hydrogen-bond acceptors (Lipinski definition) is 1. The van der Waals surface area contributed by atoms with Crippen molar-refractivity contribution < 1.29 is 5.11 Å². The molecule has 10 atom stereocenters. The maximum absolute atomic E-state index is 10.5. The largest absolute Gasteiger partial charge is 0.393 e. The minimum Gasteiger partial charge on any atom is -0.393 e. The monoisotopic (exact) mass is 426 g/mol. The molecular weight excluding hydrogens is 376 g/mol. The predicted molar refractivity (Wildman–Crippen MR) is 133 cm³/mol. The molecule has 1 heteroatoms. The van der Waals surface area contributed by atoms with Crippen LogP contribution in [-0.2, 0) is 0 Å². The van der Waals surface area contributed by atoms with E-state index in [4.69, 9.17) is 0 Å². The predicted octanol–water partition coefficient (Wildman–Crippen LogP) is 8.05. The van der Waals surface area contributed by atoms with Gasteiger partial charge in [0.15, 0.2) is 0 Å². The summed E-state index contributed by atoms with van der Waals surface area (Å²) in [5.41, 5.74) is 4.34. The molecule has 0 saturated heterocycles. The van der Waals surface area contributed by atoms with Gasteiger partial charge in [0, 0.05) is 0 Å². The van der Waals surface area contributed by atoms with Crippen LogP contribution >= 0.6 is 0 Å². The Bertz CT molecular complexity index is 731. The Morgan fingerprint density at radius 3 is 2.32 bits per heavy atom. The molecule has 0 amide bonds. The molecule has 4 rings (SSSR count). The minimum absolute atomic E-state index is 0.0816. The lowest BCUT2D eigenvalue weighted by atomic mass is 9.46. The third-order valence-corrected chi connectivity index (χ3v) is 11.5. The van der Waals surface area contributed by atoms with Gasteiger partial charge in [-0.3, -0.25) is 0 Å². The average Bonchev–Trinajstić information content (AvgIpc) is 3.07. The van der Waals surface area contributed by atoms with E-state index in [9.17, 15) is 5.11 Å². The van der Waals surface area contributed by atoms with Crippen LogP contribution in [-0.4, -0.2) is 11.2 Å². The highest BCUT2D eigenvalue weighted by molar-refractivity contribution is 5.28. The summed E-state index contributed by atoms with van der Waals surface area (Å²) in [6, 6.07) is 0. The molecule has 1 N–H and O–H groups in total. The molecule has 0 aliphatic heterocycles. The molecule has 0 aromatic carbocycles. The minimum atomic E-state index is -0.0816. The second kappa shape index (κ2) is 8.34. The van der Waals surface area contributed by atoms with Crippen LogP contribution in [0.1, 0.15) is 100 Å². The average molecular weight is 427 g/mol. The Hall–Kier alpha value is -0.560. The second-order valence-corrected chi connectivity index (χ2v) is 13.2. The van der Waals surface area contributed by atoms with Crippen molar-refractivity contribution in [3.05, 3.63) is 23.3 Å². The molecule has 1 nitrogen and oxygen atoms in total.